The van der Waals surface area contributed by atoms with Gasteiger partial charge in [-0.3, -0.25) is 4.79 Å². The maximum atomic E-state index is 13.6. The predicted octanol–water partition coefficient (Wildman–Crippen LogP) is 3.80. The van der Waals surface area contributed by atoms with Gasteiger partial charge in [0, 0.05) is 30.4 Å². The van der Waals surface area contributed by atoms with Crippen molar-refractivity contribution in [2.24, 2.45) is 0 Å². The van der Waals surface area contributed by atoms with Crippen molar-refractivity contribution in [1.29, 1.82) is 0 Å². The minimum atomic E-state index is -0.561. The average molecular weight is 293 g/mol. The van der Waals surface area contributed by atoms with E-state index in [0.29, 0.717) is 5.56 Å². The van der Waals surface area contributed by atoms with Gasteiger partial charge in [-0.05, 0) is 36.4 Å². The quantitative estimate of drug-likeness (QED) is 0.933. The highest BCUT2D eigenvalue weighted by Gasteiger charge is 2.10. The standard InChI is InChI=1S/C15H14ClFN2O/c1-19(2)12-5-3-4-10(8-12)15(20)18-14-7-6-11(16)9-13(14)17/h3-9H,1-2H3,(H,18,20). The molecular weight excluding hydrogens is 279 g/mol. The van der Waals surface area contributed by atoms with Crippen LogP contribution in [0.2, 0.25) is 5.02 Å². The lowest BCUT2D eigenvalue weighted by molar-refractivity contribution is 0.102. The van der Waals surface area contributed by atoms with Gasteiger partial charge in [0.05, 0.1) is 5.69 Å². The molecule has 0 fully saturated rings. The molecule has 20 heavy (non-hydrogen) atoms. The monoisotopic (exact) mass is 292 g/mol. The lowest BCUT2D eigenvalue weighted by atomic mass is 10.1. The van der Waals surface area contributed by atoms with Gasteiger partial charge in [0.2, 0.25) is 0 Å². The Kier molecular flexibility index (Phi) is 4.25. The molecule has 0 aliphatic rings. The minimum absolute atomic E-state index is 0.106. The molecule has 0 atom stereocenters. The number of benzene rings is 2. The van der Waals surface area contributed by atoms with Crippen molar-refractivity contribution in [3.63, 3.8) is 0 Å². The molecule has 1 N–H and O–H groups in total. The second kappa shape index (κ2) is 5.92. The summed E-state index contributed by atoms with van der Waals surface area (Å²) in [5, 5.41) is 2.82. The number of hydrogen-bond acceptors (Lipinski definition) is 2. The summed E-state index contributed by atoms with van der Waals surface area (Å²) >= 11 is 5.67. The van der Waals surface area contributed by atoms with Crippen molar-refractivity contribution in [1.82, 2.24) is 0 Å². The molecule has 0 aliphatic heterocycles. The number of rotatable bonds is 3. The van der Waals surface area contributed by atoms with Gasteiger partial charge in [0.1, 0.15) is 5.82 Å². The Morgan fingerprint density at radius 2 is 1.95 bits per heavy atom. The van der Waals surface area contributed by atoms with Gasteiger partial charge < -0.3 is 10.2 Å². The van der Waals surface area contributed by atoms with Crippen LogP contribution in [0.3, 0.4) is 0 Å². The third kappa shape index (κ3) is 3.27. The number of carbonyl (C=O) groups excluding carboxylic acids is 1. The first-order chi connectivity index (χ1) is 9.47. The summed E-state index contributed by atoms with van der Waals surface area (Å²) in [4.78, 5) is 14.0. The predicted molar refractivity (Wildman–Crippen MR) is 80.1 cm³/mol. The summed E-state index contributed by atoms with van der Waals surface area (Å²) in [6, 6.07) is 11.2. The molecule has 0 unspecified atom stereocenters. The summed E-state index contributed by atoms with van der Waals surface area (Å²) in [5.41, 5.74) is 1.47. The number of hydrogen-bond donors (Lipinski definition) is 1. The zero-order chi connectivity index (χ0) is 14.7. The molecule has 3 nitrogen and oxygen atoms in total. The maximum absolute atomic E-state index is 13.6. The Labute approximate surface area is 122 Å². The van der Waals surface area contributed by atoms with Crippen molar-refractivity contribution < 1.29 is 9.18 Å². The normalized spacial score (nSPS) is 10.2. The van der Waals surface area contributed by atoms with E-state index in [0.717, 1.165) is 11.8 Å². The zero-order valence-electron chi connectivity index (χ0n) is 11.2. The molecule has 0 saturated carbocycles. The Bertz CT molecular complexity index is 644. The summed E-state index contributed by atoms with van der Waals surface area (Å²) in [6.45, 7) is 0. The van der Waals surface area contributed by atoms with Crippen molar-refractivity contribution in [2.45, 2.75) is 0 Å². The van der Waals surface area contributed by atoms with Crippen molar-refractivity contribution in [2.75, 3.05) is 24.3 Å². The van der Waals surface area contributed by atoms with Crippen LogP contribution < -0.4 is 10.2 Å². The number of carbonyl (C=O) groups is 1. The second-order valence-electron chi connectivity index (χ2n) is 4.52. The van der Waals surface area contributed by atoms with Crippen LogP contribution in [0.1, 0.15) is 10.4 Å². The van der Waals surface area contributed by atoms with Gasteiger partial charge in [0.15, 0.2) is 0 Å². The number of nitrogens with one attached hydrogen (secondary N) is 1. The lowest BCUT2D eigenvalue weighted by Crippen LogP contribution is -2.14. The Morgan fingerprint density at radius 3 is 2.60 bits per heavy atom. The number of nitrogens with zero attached hydrogens (tertiary/aromatic N) is 1. The zero-order valence-corrected chi connectivity index (χ0v) is 11.9. The molecule has 0 aliphatic carbocycles. The fourth-order valence-corrected chi connectivity index (χ4v) is 1.87. The molecule has 5 heteroatoms. The van der Waals surface area contributed by atoms with Crippen molar-refractivity contribution in [3.05, 3.63) is 58.9 Å². The van der Waals surface area contributed by atoms with Gasteiger partial charge >= 0.3 is 0 Å². The lowest BCUT2D eigenvalue weighted by Gasteiger charge is -2.13. The Balaban J connectivity index is 2.21. The fourth-order valence-electron chi connectivity index (χ4n) is 1.71. The molecule has 0 spiro atoms. The third-order valence-electron chi connectivity index (χ3n) is 2.80. The first-order valence-corrected chi connectivity index (χ1v) is 6.39. The highest BCUT2D eigenvalue weighted by Crippen LogP contribution is 2.20. The van der Waals surface area contributed by atoms with E-state index in [2.05, 4.69) is 5.32 Å². The molecule has 0 saturated heterocycles. The van der Waals surface area contributed by atoms with Crippen molar-refractivity contribution in [3.8, 4) is 0 Å². The summed E-state index contributed by atoms with van der Waals surface area (Å²) in [7, 11) is 3.77. The fraction of sp³-hybridized carbons (Fsp3) is 0.133. The molecule has 0 bridgehead atoms. The topological polar surface area (TPSA) is 32.3 Å². The number of anilines is 2. The first-order valence-electron chi connectivity index (χ1n) is 6.01. The van der Waals surface area contributed by atoms with E-state index in [-0.39, 0.29) is 16.6 Å². The second-order valence-corrected chi connectivity index (χ2v) is 4.96. The van der Waals surface area contributed by atoms with Crippen LogP contribution in [0, 0.1) is 5.82 Å². The van der Waals surface area contributed by atoms with E-state index >= 15 is 0 Å². The summed E-state index contributed by atoms with van der Waals surface area (Å²) < 4.78 is 13.6. The van der Waals surface area contributed by atoms with Crippen LogP contribution in [-0.4, -0.2) is 20.0 Å². The highest BCUT2D eigenvalue weighted by atomic mass is 35.5. The van der Waals surface area contributed by atoms with Crippen molar-refractivity contribution >= 4 is 28.9 Å². The summed E-state index contributed by atoms with van der Waals surface area (Å²) in [6.07, 6.45) is 0. The molecule has 2 rings (SSSR count). The minimum Gasteiger partial charge on any atom is -0.378 e. The van der Waals surface area contributed by atoms with Crippen LogP contribution in [-0.2, 0) is 0 Å². The summed E-state index contributed by atoms with van der Waals surface area (Å²) in [5.74, 6) is -0.926. The van der Waals surface area contributed by atoms with Gasteiger partial charge in [-0.25, -0.2) is 4.39 Å². The molecular formula is C15H14ClFN2O. The van der Waals surface area contributed by atoms with Crippen LogP contribution in [0.25, 0.3) is 0 Å². The first kappa shape index (κ1) is 14.3. The highest BCUT2D eigenvalue weighted by molar-refractivity contribution is 6.30. The van der Waals surface area contributed by atoms with Gasteiger partial charge in [-0.15, -0.1) is 0 Å². The number of halogens is 2. The Hall–Kier alpha value is -2.07. The van der Waals surface area contributed by atoms with Crippen LogP contribution in [0.4, 0.5) is 15.8 Å². The molecule has 2 aromatic carbocycles. The molecule has 0 heterocycles. The smallest absolute Gasteiger partial charge is 0.255 e. The van der Waals surface area contributed by atoms with E-state index in [4.69, 9.17) is 11.6 Å². The van der Waals surface area contributed by atoms with Gasteiger partial charge in [-0.1, -0.05) is 17.7 Å². The maximum Gasteiger partial charge on any atom is 0.255 e. The van der Waals surface area contributed by atoms with E-state index in [1.165, 1.54) is 12.1 Å². The molecule has 1 amide bonds. The molecule has 0 aromatic heterocycles. The van der Waals surface area contributed by atoms with E-state index in [9.17, 15) is 9.18 Å². The average Bonchev–Trinajstić information content (AvgIpc) is 2.42. The van der Waals surface area contributed by atoms with E-state index in [1.807, 2.05) is 25.1 Å². The SMILES string of the molecule is CN(C)c1cccc(C(=O)Nc2ccc(Cl)cc2F)c1. The van der Waals surface area contributed by atoms with E-state index in [1.54, 1.807) is 18.2 Å². The number of amides is 1. The van der Waals surface area contributed by atoms with E-state index < -0.39 is 5.82 Å². The van der Waals surface area contributed by atoms with Crippen LogP contribution in [0.5, 0.6) is 0 Å². The Morgan fingerprint density at radius 1 is 1.20 bits per heavy atom. The molecule has 2 aromatic rings. The van der Waals surface area contributed by atoms with Gasteiger partial charge in [0.25, 0.3) is 5.91 Å². The molecule has 104 valence electrons. The molecule has 0 radical (unpaired) electrons. The van der Waals surface area contributed by atoms with Crippen LogP contribution in [0.15, 0.2) is 42.5 Å². The van der Waals surface area contributed by atoms with Crippen LogP contribution >= 0.6 is 11.6 Å². The largest absolute Gasteiger partial charge is 0.378 e. The third-order valence-corrected chi connectivity index (χ3v) is 3.04. The van der Waals surface area contributed by atoms with Gasteiger partial charge in [-0.2, -0.15) is 0 Å².